The average molecular weight is 592 g/mol. The number of allylic oxidation sites excluding steroid dienone is 1. The van der Waals surface area contributed by atoms with Gasteiger partial charge in [0.2, 0.25) is 11.8 Å². The summed E-state index contributed by atoms with van der Waals surface area (Å²) in [6, 6.07) is 25.8. The summed E-state index contributed by atoms with van der Waals surface area (Å²) in [6.45, 7) is 2.34. The van der Waals surface area contributed by atoms with Gasteiger partial charge in [-0.3, -0.25) is 0 Å². The Hall–Kier alpha value is -3.54. The lowest BCUT2D eigenvalue weighted by Gasteiger charge is -2.25. The van der Waals surface area contributed by atoms with Gasteiger partial charge in [0.1, 0.15) is 24.0 Å². The Morgan fingerprint density at radius 1 is 1.06 bits per heavy atom. The van der Waals surface area contributed by atoms with Crippen LogP contribution in [-0.2, 0) is 6.61 Å². The predicted octanol–water partition coefficient (Wildman–Crippen LogP) is 6.50. The zero-order valence-electron chi connectivity index (χ0n) is 18.7. The molecule has 6 nitrogen and oxygen atoms in total. The number of hydrogen-bond donors (Lipinski definition) is 1. The zero-order chi connectivity index (χ0) is 24.5. The van der Waals surface area contributed by atoms with Gasteiger partial charge in [-0.15, -0.1) is 0 Å². The van der Waals surface area contributed by atoms with Crippen LogP contribution in [-0.4, -0.2) is 9.78 Å². The van der Waals surface area contributed by atoms with E-state index in [0.29, 0.717) is 23.8 Å². The summed E-state index contributed by atoms with van der Waals surface area (Å²) in [6.07, 6.45) is 0. The van der Waals surface area contributed by atoms with Crippen LogP contribution in [0.25, 0.3) is 5.69 Å². The van der Waals surface area contributed by atoms with E-state index in [-0.39, 0.29) is 5.88 Å². The van der Waals surface area contributed by atoms with Crippen molar-refractivity contribution in [2.75, 3.05) is 0 Å². The first kappa shape index (κ1) is 23.2. The van der Waals surface area contributed by atoms with Crippen LogP contribution in [0.1, 0.15) is 28.3 Å². The number of nitrogens with two attached hydrogens (primary N) is 1. The van der Waals surface area contributed by atoms with E-state index >= 15 is 0 Å². The number of benzene rings is 3. The molecule has 0 saturated carbocycles. The van der Waals surface area contributed by atoms with E-state index in [1.807, 2.05) is 79.7 Å². The van der Waals surface area contributed by atoms with Crippen LogP contribution >= 0.6 is 31.9 Å². The maximum absolute atomic E-state index is 9.99. The molecule has 0 saturated heterocycles. The van der Waals surface area contributed by atoms with Crippen molar-refractivity contribution in [2.45, 2.75) is 19.4 Å². The van der Waals surface area contributed by atoms with Crippen LogP contribution in [0.2, 0.25) is 0 Å². The number of nitriles is 1. The van der Waals surface area contributed by atoms with Crippen molar-refractivity contribution < 1.29 is 9.47 Å². The maximum Gasteiger partial charge on any atom is 0.229 e. The number of para-hydroxylation sites is 1. The summed E-state index contributed by atoms with van der Waals surface area (Å²) in [5, 5.41) is 14.7. The molecule has 0 amide bonds. The van der Waals surface area contributed by atoms with Gasteiger partial charge in [0, 0.05) is 0 Å². The second kappa shape index (κ2) is 9.61. The first-order valence-corrected chi connectivity index (χ1v) is 12.4. The first-order chi connectivity index (χ1) is 17.0. The summed E-state index contributed by atoms with van der Waals surface area (Å²) < 4.78 is 15.3. The number of fused-ring (bicyclic) bond motifs is 1. The maximum atomic E-state index is 9.99. The van der Waals surface area contributed by atoms with Gasteiger partial charge in [0.15, 0.2) is 0 Å². The second-order valence-electron chi connectivity index (χ2n) is 8.06. The molecule has 1 unspecified atom stereocenters. The van der Waals surface area contributed by atoms with E-state index in [4.69, 9.17) is 20.3 Å². The number of halogens is 2. The number of ether oxygens (including phenoxy) is 2. The fourth-order valence-electron chi connectivity index (χ4n) is 4.21. The molecule has 0 radical (unpaired) electrons. The van der Waals surface area contributed by atoms with Crippen molar-refractivity contribution in [3.8, 4) is 23.4 Å². The third-order valence-electron chi connectivity index (χ3n) is 5.81. The van der Waals surface area contributed by atoms with Gasteiger partial charge >= 0.3 is 0 Å². The van der Waals surface area contributed by atoms with Crippen molar-refractivity contribution in [3.63, 3.8) is 0 Å². The van der Waals surface area contributed by atoms with E-state index in [1.165, 1.54) is 0 Å². The Morgan fingerprint density at radius 3 is 2.31 bits per heavy atom. The summed E-state index contributed by atoms with van der Waals surface area (Å²) in [5.41, 5.74) is 10.9. The van der Waals surface area contributed by atoms with E-state index in [9.17, 15) is 5.26 Å². The topological polar surface area (TPSA) is 86.1 Å². The van der Waals surface area contributed by atoms with Gasteiger partial charge in [0.25, 0.3) is 0 Å². The molecular formula is C27H20Br2N4O2. The van der Waals surface area contributed by atoms with Crippen molar-refractivity contribution in [2.24, 2.45) is 5.73 Å². The third-order valence-corrected chi connectivity index (χ3v) is 6.99. The third kappa shape index (κ3) is 4.33. The first-order valence-electron chi connectivity index (χ1n) is 10.9. The van der Waals surface area contributed by atoms with E-state index < -0.39 is 5.92 Å². The predicted molar refractivity (Wildman–Crippen MR) is 140 cm³/mol. The van der Waals surface area contributed by atoms with Gasteiger partial charge in [-0.1, -0.05) is 48.5 Å². The molecule has 4 aromatic rings. The average Bonchev–Trinajstić information content (AvgIpc) is 3.19. The molecule has 1 aliphatic rings. The minimum Gasteiger partial charge on any atom is -0.487 e. The molecule has 0 fully saturated rings. The molecule has 2 N–H and O–H groups in total. The summed E-state index contributed by atoms with van der Waals surface area (Å²) in [4.78, 5) is 0. The number of aryl methyl sites for hydroxylation is 1. The fourth-order valence-corrected chi connectivity index (χ4v) is 5.66. The quantitative estimate of drug-likeness (QED) is 0.286. The largest absolute Gasteiger partial charge is 0.487 e. The van der Waals surface area contributed by atoms with Crippen LogP contribution in [0.15, 0.2) is 93.2 Å². The Morgan fingerprint density at radius 2 is 1.69 bits per heavy atom. The summed E-state index contributed by atoms with van der Waals surface area (Å²) in [7, 11) is 0. The molecule has 8 heteroatoms. The van der Waals surface area contributed by atoms with Crippen molar-refractivity contribution in [1.29, 1.82) is 5.26 Å². The van der Waals surface area contributed by atoms with Gasteiger partial charge in [-0.05, 0) is 74.2 Å². The highest BCUT2D eigenvalue weighted by Crippen LogP contribution is 2.47. The SMILES string of the molecule is Cc1nn(-c2ccccc2)c2c1C(c1cc(Br)c(OCc3ccccc3)c(Br)c1)C(C#N)=C(N)O2. The normalized spacial score (nSPS) is 14.7. The van der Waals surface area contributed by atoms with Crippen LogP contribution in [0.4, 0.5) is 0 Å². The highest BCUT2D eigenvalue weighted by atomic mass is 79.9. The molecule has 3 aromatic carbocycles. The highest BCUT2D eigenvalue weighted by molar-refractivity contribution is 9.11. The smallest absolute Gasteiger partial charge is 0.229 e. The molecule has 174 valence electrons. The fraction of sp³-hybridized carbons (Fsp3) is 0.111. The van der Waals surface area contributed by atoms with Crippen LogP contribution in [0.3, 0.4) is 0 Å². The lowest BCUT2D eigenvalue weighted by Crippen LogP contribution is -2.22. The standard InChI is InChI=1S/C27H20Br2N4O2/c1-16-23-24(18-12-21(28)25(22(29)13-18)34-15-17-8-4-2-5-9-17)20(14-30)26(31)35-27(23)33(32-16)19-10-6-3-7-11-19/h2-13,24H,15,31H2,1H3. The molecule has 0 bridgehead atoms. The molecule has 1 aliphatic heterocycles. The van der Waals surface area contributed by atoms with Gasteiger partial charge < -0.3 is 15.2 Å². The molecule has 5 rings (SSSR count). The van der Waals surface area contributed by atoms with Crippen molar-refractivity contribution >= 4 is 31.9 Å². The second-order valence-corrected chi connectivity index (χ2v) is 9.77. The Balaban J connectivity index is 1.58. The van der Waals surface area contributed by atoms with Crippen LogP contribution < -0.4 is 15.2 Å². The number of rotatable bonds is 5. The molecule has 35 heavy (non-hydrogen) atoms. The van der Waals surface area contributed by atoms with Crippen LogP contribution in [0, 0.1) is 18.3 Å². The molecule has 0 aliphatic carbocycles. The van der Waals surface area contributed by atoms with E-state index in [1.54, 1.807) is 4.68 Å². The monoisotopic (exact) mass is 590 g/mol. The minimum atomic E-state index is -0.447. The zero-order valence-corrected chi connectivity index (χ0v) is 21.9. The van der Waals surface area contributed by atoms with Crippen LogP contribution in [0.5, 0.6) is 11.6 Å². The Labute approximate surface area is 219 Å². The Kier molecular flexibility index (Phi) is 6.37. The Bertz CT molecular complexity index is 1450. The lowest BCUT2D eigenvalue weighted by atomic mass is 9.84. The summed E-state index contributed by atoms with van der Waals surface area (Å²) in [5.74, 6) is 0.805. The number of nitrogens with zero attached hydrogens (tertiary/aromatic N) is 3. The molecule has 1 atom stereocenters. The molecule has 1 aromatic heterocycles. The number of aromatic nitrogens is 2. The molecule has 0 spiro atoms. The molecular weight excluding hydrogens is 572 g/mol. The minimum absolute atomic E-state index is 0.0683. The highest BCUT2D eigenvalue weighted by Gasteiger charge is 2.36. The van der Waals surface area contributed by atoms with Gasteiger partial charge in [0.05, 0.1) is 31.8 Å². The van der Waals surface area contributed by atoms with Crippen molar-refractivity contribution in [1.82, 2.24) is 9.78 Å². The lowest BCUT2D eigenvalue weighted by molar-refractivity contribution is 0.302. The van der Waals surface area contributed by atoms with Crippen molar-refractivity contribution in [3.05, 3.63) is 116 Å². The summed E-state index contributed by atoms with van der Waals surface area (Å²) >= 11 is 7.32. The van der Waals surface area contributed by atoms with E-state index in [0.717, 1.165) is 37.0 Å². The molecule has 2 heterocycles. The van der Waals surface area contributed by atoms with Gasteiger partial charge in [-0.25, -0.2) is 4.68 Å². The van der Waals surface area contributed by atoms with Gasteiger partial charge in [-0.2, -0.15) is 10.4 Å². The number of hydrogen-bond acceptors (Lipinski definition) is 5. The van der Waals surface area contributed by atoms with E-state index in [2.05, 4.69) is 37.9 Å².